The van der Waals surface area contributed by atoms with Crippen LogP contribution in [0.4, 0.5) is 0 Å². The Kier molecular flexibility index (Phi) is 5.38. The molecule has 4 rings (SSSR count). The van der Waals surface area contributed by atoms with Crippen molar-refractivity contribution < 1.29 is 14.3 Å². The minimum Gasteiger partial charge on any atom is -0.494 e. The summed E-state index contributed by atoms with van der Waals surface area (Å²) in [5.74, 6) is 0.657. The van der Waals surface area contributed by atoms with Crippen molar-refractivity contribution in [2.24, 2.45) is 0 Å². The molecule has 1 aromatic carbocycles. The summed E-state index contributed by atoms with van der Waals surface area (Å²) < 4.78 is 14.8. The van der Waals surface area contributed by atoms with Crippen molar-refractivity contribution in [3.8, 4) is 11.4 Å². The third kappa shape index (κ3) is 3.91. The molecule has 8 nitrogen and oxygen atoms in total. The average Bonchev–Trinajstić information content (AvgIpc) is 3.36. The number of methoxy groups -OCH3 is 1. The van der Waals surface area contributed by atoms with E-state index in [1.807, 2.05) is 46.1 Å². The maximum absolute atomic E-state index is 13.1. The van der Waals surface area contributed by atoms with Crippen LogP contribution in [0.1, 0.15) is 16.8 Å². The zero-order chi connectivity index (χ0) is 19.3. The van der Waals surface area contributed by atoms with Crippen LogP contribution in [0.2, 0.25) is 0 Å². The van der Waals surface area contributed by atoms with Gasteiger partial charge in [-0.05, 0) is 24.6 Å². The molecule has 0 bridgehead atoms. The third-order valence-corrected chi connectivity index (χ3v) is 4.75. The van der Waals surface area contributed by atoms with Crippen molar-refractivity contribution in [1.82, 2.24) is 24.5 Å². The van der Waals surface area contributed by atoms with Gasteiger partial charge in [-0.2, -0.15) is 10.2 Å². The van der Waals surface area contributed by atoms with Gasteiger partial charge in [-0.15, -0.1) is 0 Å². The van der Waals surface area contributed by atoms with E-state index in [0.29, 0.717) is 37.6 Å². The fourth-order valence-electron chi connectivity index (χ4n) is 3.37. The Labute approximate surface area is 163 Å². The number of benzene rings is 1. The number of para-hydroxylation sites is 2. The van der Waals surface area contributed by atoms with E-state index in [4.69, 9.17) is 9.47 Å². The highest BCUT2D eigenvalue weighted by Crippen LogP contribution is 2.22. The minimum absolute atomic E-state index is 0.0443. The van der Waals surface area contributed by atoms with E-state index in [1.165, 1.54) is 0 Å². The average molecular weight is 381 g/mol. The standard InChI is InChI=1S/C20H23N5O3/c1-27-19-7-3-2-6-18(19)25-13-16(12-22-25)20(26)23-9-5-11-28-17(14-23)15-24-10-4-8-21-24/h2-4,6-8,10,12-13,17H,5,9,11,14-15H2,1H3/t17-/m1/s1. The Bertz CT molecular complexity index is 922. The molecule has 0 saturated carbocycles. The number of carbonyl (C=O) groups excluding carboxylic acids is 1. The monoisotopic (exact) mass is 381 g/mol. The van der Waals surface area contributed by atoms with Crippen molar-refractivity contribution in [3.05, 3.63) is 60.7 Å². The molecule has 146 valence electrons. The van der Waals surface area contributed by atoms with E-state index >= 15 is 0 Å². The first-order chi connectivity index (χ1) is 13.7. The highest BCUT2D eigenvalue weighted by Gasteiger charge is 2.25. The molecule has 0 unspecified atom stereocenters. The summed E-state index contributed by atoms with van der Waals surface area (Å²) in [7, 11) is 1.62. The fourth-order valence-corrected chi connectivity index (χ4v) is 3.37. The Hall–Kier alpha value is -3.13. The number of hydrogen-bond donors (Lipinski definition) is 0. The lowest BCUT2D eigenvalue weighted by Crippen LogP contribution is -2.38. The summed E-state index contributed by atoms with van der Waals surface area (Å²) in [6.45, 7) is 2.44. The molecular weight excluding hydrogens is 358 g/mol. The van der Waals surface area contributed by atoms with Crippen molar-refractivity contribution in [2.75, 3.05) is 26.8 Å². The highest BCUT2D eigenvalue weighted by atomic mass is 16.5. The Morgan fingerprint density at radius 1 is 1.29 bits per heavy atom. The third-order valence-electron chi connectivity index (χ3n) is 4.75. The lowest BCUT2D eigenvalue weighted by molar-refractivity contribution is 0.0367. The van der Waals surface area contributed by atoms with Crippen LogP contribution in [0.5, 0.6) is 5.75 Å². The van der Waals surface area contributed by atoms with Gasteiger partial charge in [-0.3, -0.25) is 9.48 Å². The van der Waals surface area contributed by atoms with E-state index in [1.54, 1.807) is 30.4 Å². The highest BCUT2D eigenvalue weighted by molar-refractivity contribution is 5.93. The molecule has 0 aliphatic carbocycles. The lowest BCUT2D eigenvalue weighted by Gasteiger charge is -2.23. The molecule has 0 radical (unpaired) electrons. The number of amides is 1. The van der Waals surface area contributed by atoms with E-state index in [9.17, 15) is 4.79 Å². The summed E-state index contributed by atoms with van der Waals surface area (Å²) >= 11 is 0. The first kappa shape index (κ1) is 18.2. The number of hydrogen-bond acceptors (Lipinski definition) is 5. The van der Waals surface area contributed by atoms with E-state index in [-0.39, 0.29) is 12.0 Å². The number of ether oxygens (including phenoxy) is 2. The van der Waals surface area contributed by atoms with Gasteiger partial charge in [0.1, 0.15) is 11.4 Å². The van der Waals surface area contributed by atoms with E-state index in [2.05, 4.69) is 10.2 Å². The largest absolute Gasteiger partial charge is 0.494 e. The number of nitrogens with zero attached hydrogens (tertiary/aromatic N) is 5. The predicted molar refractivity (Wildman–Crippen MR) is 103 cm³/mol. The molecule has 1 fully saturated rings. The Morgan fingerprint density at radius 3 is 3.00 bits per heavy atom. The summed E-state index contributed by atoms with van der Waals surface area (Å²) in [5.41, 5.74) is 1.34. The van der Waals surface area contributed by atoms with Gasteiger partial charge in [0.15, 0.2) is 0 Å². The summed E-state index contributed by atoms with van der Waals surface area (Å²) in [5, 5.41) is 8.59. The van der Waals surface area contributed by atoms with Gasteiger partial charge in [0.2, 0.25) is 0 Å². The predicted octanol–water partition coefficient (Wildman–Crippen LogP) is 2.01. The second-order valence-corrected chi connectivity index (χ2v) is 6.67. The molecule has 1 aliphatic heterocycles. The topological polar surface area (TPSA) is 74.4 Å². The summed E-state index contributed by atoms with van der Waals surface area (Å²) in [6, 6.07) is 9.46. The molecule has 2 aromatic heterocycles. The van der Waals surface area contributed by atoms with Gasteiger partial charge >= 0.3 is 0 Å². The van der Waals surface area contributed by atoms with Crippen LogP contribution in [-0.2, 0) is 11.3 Å². The quantitative estimate of drug-likeness (QED) is 0.676. The molecule has 28 heavy (non-hydrogen) atoms. The second kappa shape index (κ2) is 8.26. The first-order valence-electron chi connectivity index (χ1n) is 9.31. The van der Waals surface area contributed by atoms with Crippen molar-refractivity contribution in [3.63, 3.8) is 0 Å². The SMILES string of the molecule is COc1ccccc1-n1cc(C(=O)N2CCCO[C@@H](Cn3cccn3)C2)cn1. The van der Waals surface area contributed by atoms with Crippen LogP contribution < -0.4 is 4.74 Å². The van der Waals surface area contributed by atoms with Gasteiger partial charge in [-0.25, -0.2) is 4.68 Å². The number of aromatic nitrogens is 4. The summed E-state index contributed by atoms with van der Waals surface area (Å²) in [4.78, 5) is 14.9. The Balaban J connectivity index is 1.49. The molecule has 1 aliphatic rings. The maximum atomic E-state index is 13.1. The van der Waals surface area contributed by atoms with Crippen molar-refractivity contribution in [1.29, 1.82) is 0 Å². The van der Waals surface area contributed by atoms with Gasteiger partial charge in [0.25, 0.3) is 5.91 Å². The molecule has 1 atom stereocenters. The van der Waals surface area contributed by atoms with Crippen LogP contribution in [0.3, 0.4) is 0 Å². The smallest absolute Gasteiger partial charge is 0.257 e. The van der Waals surface area contributed by atoms with Crippen LogP contribution in [-0.4, -0.2) is 63.3 Å². The number of rotatable bonds is 5. The zero-order valence-corrected chi connectivity index (χ0v) is 15.8. The van der Waals surface area contributed by atoms with Crippen LogP contribution in [0.25, 0.3) is 5.69 Å². The van der Waals surface area contributed by atoms with E-state index < -0.39 is 0 Å². The zero-order valence-electron chi connectivity index (χ0n) is 15.8. The van der Waals surface area contributed by atoms with Crippen LogP contribution in [0, 0.1) is 0 Å². The molecule has 0 spiro atoms. The van der Waals surface area contributed by atoms with Gasteiger partial charge in [-0.1, -0.05) is 12.1 Å². The normalized spacial score (nSPS) is 17.3. The van der Waals surface area contributed by atoms with Gasteiger partial charge < -0.3 is 14.4 Å². The minimum atomic E-state index is -0.0874. The molecule has 3 heterocycles. The van der Waals surface area contributed by atoms with Gasteiger partial charge in [0.05, 0.1) is 31.5 Å². The molecule has 1 amide bonds. The Morgan fingerprint density at radius 2 is 2.18 bits per heavy atom. The van der Waals surface area contributed by atoms with Crippen LogP contribution >= 0.6 is 0 Å². The van der Waals surface area contributed by atoms with Crippen molar-refractivity contribution in [2.45, 2.75) is 19.1 Å². The molecule has 1 saturated heterocycles. The first-order valence-corrected chi connectivity index (χ1v) is 9.31. The van der Waals surface area contributed by atoms with Gasteiger partial charge in [0, 0.05) is 38.3 Å². The van der Waals surface area contributed by atoms with Crippen molar-refractivity contribution >= 4 is 5.91 Å². The molecule has 8 heteroatoms. The lowest BCUT2D eigenvalue weighted by atomic mass is 10.2. The second-order valence-electron chi connectivity index (χ2n) is 6.67. The maximum Gasteiger partial charge on any atom is 0.257 e. The molecule has 3 aromatic rings. The number of carbonyl (C=O) groups is 1. The fraction of sp³-hybridized carbons (Fsp3) is 0.350. The van der Waals surface area contributed by atoms with Crippen LogP contribution in [0.15, 0.2) is 55.1 Å². The van der Waals surface area contributed by atoms with E-state index in [0.717, 1.165) is 12.1 Å². The molecule has 0 N–H and O–H groups in total. The molecular formula is C20H23N5O3. The summed E-state index contributed by atoms with van der Waals surface area (Å²) in [6.07, 6.45) is 7.71.